The molecule has 11 atom stereocenters. The van der Waals surface area contributed by atoms with Gasteiger partial charge in [0.25, 0.3) is 0 Å². The molecule has 140 valence electrons. The van der Waals surface area contributed by atoms with Gasteiger partial charge in [0, 0.05) is 37.3 Å². The standard InChI is InChI=1S/C22H37N3/c1-14-8-15-9-17(23-15)20(14)16-12-24-7-5-22(16,3)11-19(24)18-10-21(2)4-6-25(18)13-21/h14-20,23H,4-13H2,1-3H3/t14-,15?,16?,17?,18?,19?,20?,21+,22+/m1/s1. The van der Waals surface area contributed by atoms with Gasteiger partial charge in [-0.05, 0) is 80.2 Å². The third-order valence-corrected chi connectivity index (χ3v) is 9.87. The molecule has 0 amide bonds. The van der Waals surface area contributed by atoms with Crippen molar-refractivity contribution in [2.24, 2.45) is 28.6 Å². The third-order valence-electron chi connectivity index (χ3n) is 9.87. The summed E-state index contributed by atoms with van der Waals surface area (Å²) in [5.41, 5.74) is 1.25. The van der Waals surface area contributed by atoms with Crippen LogP contribution in [0.1, 0.15) is 59.3 Å². The maximum atomic E-state index is 3.90. The molecule has 0 aromatic rings. The van der Waals surface area contributed by atoms with E-state index in [0.29, 0.717) is 10.8 Å². The fourth-order valence-electron chi connectivity index (χ4n) is 8.50. The van der Waals surface area contributed by atoms with Gasteiger partial charge in [0.2, 0.25) is 0 Å². The van der Waals surface area contributed by atoms with Crippen molar-refractivity contribution < 1.29 is 0 Å². The molecular weight excluding hydrogens is 306 g/mol. The Labute approximate surface area is 153 Å². The van der Waals surface area contributed by atoms with Crippen LogP contribution in [0, 0.1) is 28.6 Å². The Morgan fingerprint density at radius 1 is 0.960 bits per heavy atom. The lowest BCUT2D eigenvalue weighted by atomic mass is 9.52. The molecule has 0 radical (unpaired) electrons. The minimum absolute atomic E-state index is 0.603. The number of rotatable bonds is 2. The zero-order valence-electron chi connectivity index (χ0n) is 16.5. The average Bonchev–Trinajstić information content (AvgIpc) is 3.09. The molecule has 0 aromatic carbocycles. The van der Waals surface area contributed by atoms with Crippen molar-refractivity contribution in [1.82, 2.24) is 15.1 Å². The predicted molar refractivity (Wildman–Crippen MR) is 101 cm³/mol. The number of hydrogen-bond donors (Lipinski definition) is 1. The van der Waals surface area contributed by atoms with Gasteiger partial charge >= 0.3 is 0 Å². The molecule has 7 heterocycles. The Morgan fingerprint density at radius 2 is 1.72 bits per heavy atom. The van der Waals surface area contributed by atoms with Crippen LogP contribution in [-0.4, -0.2) is 60.1 Å². The number of fused-ring (bicyclic) bond motifs is 8. The highest BCUT2D eigenvalue weighted by Gasteiger charge is 2.59. The average molecular weight is 344 g/mol. The number of piperidine rings is 5. The summed E-state index contributed by atoms with van der Waals surface area (Å²) in [6.45, 7) is 13.3. The van der Waals surface area contributed by atoms with Crippen LogP contribution in [0.3, 0.4) is 0 Å². The lowest BCUT2D eigenvalue weighted by Crippen LogP contribution is -2.70. The Hall–Kier alpha value is -0.120. The molecular formula is C22H37N3. The summed E-state index contributed by atoms with van der Waals surface area (Å²) in [4.78, 5) is 5.83. The van der Waals surface area contributed by atoms with E-state index >= 15 is 0 Å². The summed E-state index contributed by atoms with van der Waals surface area (Å²) in [5.74, 6) is 2.82. The number of hydrogen-bond acceptors (Lipinski definition) is 3. The SMILES string of the molecule is C[C@@H]1CC2CC(N2)C1C1CN2CC[C@@]1(C)CC2C1C[C@]2(C)CCN1C2. The second-order valence-electron chi connectivity index (χ2n) is 11.6. The van der Waals surface area contributed by atoms with Crippen molar-refractivity contribution in [3.8, 4) is 0 Å². The first-order valence-corrected chi connectivity index (χ1v) is 11.2. The van der Waals surface area contributed by atoms with Gasteiger partial charge < -0.3 is 5.32 Å². The highest BCUT2D eigenvalue weighted by atomic mass is 15.3. The van der Waals surface area contributed by atoms with Crippen molar-refractivity contribution in [2.45, 2.75) is 83.5 Å². The van der Waals surface area contributed by atoms with Crippen LogP contribution in [0.5, 0.6) is 0 Å². The summed E-state index contributed by atoms with van der Waals surface area (Å²) in [6.07, 6.45) is 8.77. The van der Waals surface area contributed by atoms with Gasteiger partial charge in [0.1, 0.15) is 0 Å². The summed E-state index contributed by atoms with van der Waals surface area (Å²) in [5, 5.41) is 3.90. The van der Waals surface area contributed by atoms with Gasteiger partial charge in [-0.2, -0.15) is 0 Å². The van der Waals surface area contributed by atoms with E-state index in [1.54, 1.807) is 0 Å². The number of nitrogens with zero attached hydrogens (tertiary/aromatic N) is 2. The summed E-state index contributed by atoms with van der Waals surface area (Å²) in [6, 6.07) is 3.44. The van der Waals surface area contributed by atoms with Crippen molar-refractivity contribution in [3.63, 3.8) is 0 Å². The van der Waals surface area contributed by atoms with E-state index in [-0.39, 0.29) is 0 Å². The van der Waals surface area contributed by atoms with Crippen LogP contribution in [0.2, 0.25) is 0 Å². The smallest absolute Gasteiger partial charge is 0.0257 e. The van der Waals surface area contributed by atoms with E-state index < -0.39 is 0 Å². The molecule has 8 fully saturated rings. The van der Waals surface area contributed by atoms with Crippen LogP contribution in [0.15, 0.2) is 0 Å². The normalized spacial score (nSPS) is 65.2. The fraction of sp³-hybridized carbons (Fsp3) is 1.00. The monoisotopic (exact) mass is 343 g/mol. The Bertz CT molecular complexity index is 570. The number of nitrogens with one attached hydrogen (secondary N) is 1. The Balaban J connectivity index is 1.25. The van der Waals surface area contributed by atoms with E-state index in [1.165, 1.54) is 64.7 Å². The highest BCUT2D eigenvalue weighted by Crippen LogP contribution is 2.57. The topological polar surface area (TPSA) is 18.5 Å². The van der Waals surface area contributed by atoms with Crippen LogP contribution in [0.4, 0.5) is 0 Å². The molecule has 3 nitrogen and oxygen atoms in total. The molecule has 0 spiro atoms. The van der Waals surface area contributed by atoms with Crippen molar-refractivity contribution in [3.05, 3.63) is 0 Å². The first kappa shape index (κ1) is 15.9. The lowest BCUT2D eigenvalue weighted by molar-refractivity contribution is -0.133. The van der Waals surface area contributed by atoms with Gasteiger partial charge in [-0.15, -0.1) is 0 Å². The molecule has 1 N–H and O–H groups in total. The maximum Gasteiger partial charge on any atom is 0.0257 e. The second kappa shape index (κ2) is 5.02. The molecule has 7 aliphatic heterocycles. The van der Waals surface area contributed by atoms with Gasteiger partial charge in [-0.1, -0.05) is 20.8 Å². The minimum Gasteiger partial charge on any atom is -0.311 e. The van der Waals surface area contributed by atoms with Gasteiger partial charge in [0.05, 0.1) is 0 Å². The van der Waals surface area contributed by atoms with E-state index in [1.807, 2.05) is 0 Å². The molecule has 6 bridgehead atoms. The largest absolute Gasteiger partial charge is 0.311 e. The quantitative estimate of drug-likeness (QED) is 0.832. The van der Waals surface area contributed by atoms with Crippen LogP contribution < -0.4 is 5.32 Å². The van der Waals surface area contributed by atoms with Gasteiger partial charge in [0.15, 0.2) is 0 Å². The molecule has 1 aliphatic carbocycles. The first-order chi connectivity index (χ1) is 11.9. The zero-order valence-corrected chi connectivity index (χ0v) is 16.5. The minimum atomic E-state index is 0.603. The zero-order chi connectivity index (χ0) is 17.0. The molecule has 8 unspecified atom stereocenters. The molecule has 3 heteroatoms. The van der Waals surface area contributed by atoms with Crippen LogP contribution >= 0.6 is 0 Å². The van der Waals surface area contributed by atoms with Crippen molar-refractivity contribution in [2.75, 3.05) is 26.2 Å². The second-order valence-corrected chi connectivity index (χ2v) is 11.6. The molecule has 1 saturated carbocycles. The molecule has 0 aromatic heterocycles. The summed E-state index contributed by atoms with van der Waals surface area (Å²) >= 11 is 0. The van der Waals surface area contributed by atoms with Gasteiger partial charge in [-0.3, -0.25) is 9.80 Å². The summed E-state index contributed by atoms with van der Waals surface area (Å²) in [7, 11) is 0. The van der Waals surface area contributed by atoms with E-state index in [2.05, 4.69) is 35.9 Å². The molecule has 8 aliphatic rings. The molecule has 7 saturated heterocycles. The van der Waals surface area contributed by atoms with Gasteiger partial charge in [-0.25, -0.2) is 0 Å². The lowest BCUT2D eigenvalue weighted by Gasteiger charge is -2.64. The molecule has 8 rings (SSSR count). The van der Waals surface area contributed by atoms with Crippen LogP contribution in [0.25, 0.3) is 0 Å². The van der Waals surface area contributed by atoms with E-state index in [4.69, 9.17) is 0 Å². The summed E-state index contributed by atoms with van der Waals surface area (Å²) < 4.78 is 0. The van der Waals surface area contributed by atoms with E-state index in [0.717, 1.165) is 41.9 Å². The third kappa shape index (κ3) is 2.15. The fourth-order valence-corrected chi connectivity index (χ4v) is 8.50. The van der Waals surface area contributed by atoms with E-state index in [9.17, 15) is 0 Å². The predicted octanol–water partition coefficient (Wildman–Crippen LogP) is 2.96. The van der Waals surface area contributed by atoms with Crippen molar-refractivity contribution in [1.29, 1.82) is 0 Å². The Kier molecular flexibility index (Phi) is 3.19. The van der Waals surface area contributed by atoms with Crippen LogP contribution in [-0.2, 0) is 0 Å². The Morgan fingerprint density at radius 3 is 2.36 bits per heavy atom. The highest BCUT2D eigenvalue weighted by molar-refractivity contribution is 5.13. The molecule has 25 heavy (non-hydrogen) atoms. The first-order valence-electron chi connectivity index (χ1n) is 11.2. The maximum absolute atomic E-state index is 3.90. The van der Waals surface area contributed by atoms with Crippen molar-refractivity contribution >= 4 is 0 Å².